The molecule has 0 aliphatic heterocycles. The smallest absolute Gasteiger partial charge is 0.310 e. The number of rotatable bonds is 8. The van der Waals surface area contributed by atoms with Gasteiger partial charge in [0, 0.05) is 6.54 Å². The highest BCUT2D eigenvalue weighted by atomic mass is 16.5. The fourth-order valence-corrected chi connectivity index (χ4v) is 2.31. The number of carbonyl (C=O) groups is 2. The largest absolute Gasteiger partial charge is 0.493 e. The molecule has 0 radical (unpaired) electrons. The molecule has 26 heavy (non-hydrogen) atoms. The first-order valence-electron chi connectivity index (χ1n) is 8.66. The third kappa shape index (κ3) is 6.59. The lowest BCUT2D eigenvalue weighted by molar-refractivity contribution is -0.155. The molecular formula is C21H25NO4. The SMILES string of the molecule is Cc1ccc(CNC(=O)[C@@H](C)OC(=O)CCOc2cccc(C)c2)cc1. The average Bonchev–Trinajstić information content (AvgIpc) is 2.61. The number of nitrogens with one attached hydrogen (secondary N) is 1. The molecule has 2 rings (SSSR count). The van der Waals surface area contributed by atoms with E-state index < -0.39 is 12.1 Å². The molecular weight excluding hydrogens is 330 g/mol. The normalized spacial score (nSPS) is 11.5. The Hall–Kier alpha value is -2.82. The summed E-state index contributed by atoms with van der Waals surface area (Å²) >= 11 is 0. The maximum atomic E-state index is 12.0. The maximum absolute atomic E-state index is 12.0. The lowest BCUT2D eigenvalue weighted by Crippen LogP contribution is -2.35. The molecule has 0 spiro atoms. The molecule has 0 aliphatic carbocycles. The van der Waals surface area contributed by atoms with Gasteiger partial charge in [0.05, 0.1) is 13.0 Å². The van der Waals surface area contributed by atoms with Gasteiger partial charge in [-0.2, -0.15) is 0 Å². The van der Waals surface area contributed by atoms with Crippen LogP contribution in [0.4, 0.5) is 0 Å². The molecule has 0 saturated carbocycles. The molecule has 0 bridgehead atoms. The highest BCUT2D eigenvalue weighted by Gasteiger charge is 2.17. The van der Waals surface area contributed by atoms with Gasteiger partial charge in [-0.3, -0.25) is 9.59 Å². The van der Waals surface area contributed by atoms with Gasteiger partial charge in [-0.15, -0.1) is 0 Å². The van der Waals surface area contributed by atoms with Gasteiger partial charge in [-0.25, -0.2) is 0 Å². The van der Waals surface area contributed by atoms with E-state index in [-0.39, 0.29) is 18.9 Å². The maximum Gasteiger partial charge on any atom is 0.310 e. The van der Waals surface area contributed by atoms with E-state index in [1.165, 1.54) is 0 Å². The summed E-state index contributed by atoms with van der Waals surface area (Å²) in [5.41, 5.74) is 3.24. The van der Waals surface area contributed by atoms with E-state index in [9.17, 15) is 9.59 Å². The Bertz CT molecular complexity index is 740. The van der Waals surface area contributed by atoms with Crippen molar-refractivity contribution in [3.8, 4) is 5.75 Å². The second-order valence-corrected chi connectivity index (χ2v) is 6.25. The summed E-state index contributed by atoms with van der Waals surface area (Å²) in [5.74, 6) is -0.0733. The lowest BCUT2D eigenvalue weighted by Gasteiger charge is -2.14. The van der Waals surface area contributed by atoms with Crippen molar-refractivity contribution in [3.05, 3.63) is 65.2 Å². The second kappa shape index (κ2) is 9.61. The first-order valence-corrected chi connectivity index (χ1v) is 8.66. The van der Waals surface area contributed by atoms with Crippen LogP contribution < -0.4 is 10.1 Å². The van der Waals surface area contributed by atoms with Gasteiger partial charge in [-0.05, 0) is 44.0 Å². The third-order valence-electron chi connectivity index (χ3n) is 3.83. The minimum Gasteiger partial charge on any atom is -0.493 e. The molecule has 2 aromatic rings. The summed E-state index contributed by atoms with van der Waals surface area (Å²) in [4.78, 5) is 23.9. The second-order valence-electron chi connectivity index (χ2n) is 6.25. The van der Waals surface area contributed by atoms with Crippen LogP contribution in [0.25, 0.3) is 0 Å². The fraction of sp³-hybridized carbons (Fsp3) is 0.333. The molecule has 1 amide bonds. The molecule has 0 unspecified atom stereocenters. The third-order valence-corrected chi connectivity index (χ3v) is 3.83. The molecule has 5 nitrogen and oxygen atoms in total. The van der Waals surface area contributed by atoms with Crippen LogP contribution in [0.3, 0.4) is 0 Å². The van der Waals surface area contributed by atoms with Crippen molar-refractivity contribution >= 4 is 11.9 Å². The number of carbonyl (C=O) groups excluding carboxylic acids is 2. The Kier molecular flexibility index (Phi) is 7.21. The molecule has 5 heteroatoms. The zero-order chi connectivity index (χ0) is 18.9. The highest BCUT2D eigenvalue weighted by molar-refractivity contribution is 5.83. The Balaban J connectivity index is 1.68. The number of aryl methyl sites for hydroxylation is 2. The summed E-state index contributed by atoms with van der Waals surface area (Å²) in [7, 11) is 0. The Labute approximate surface area is 154 Å². The first kappa shape index (κ1) is 19.5. The zero-order valence-corrected chi connectivity index (χ0v) is 15.5. The van der Waals surface area contributed by atoms with Crippen LogP contribution in [0.5, 0.6) is 5.75 Å². The minimum absolute atomic E-state index is 0.0868. The van der Waals surface area contributed by atoms with E-state index in [1.54, 1.807) is 6.92 Å². The van der Waals surface area contributed by atoms with Gasteiger partial charge < -0.3 is 14.8 Å². The highest BCUT2D eigenvalue weighted by Crippen LogP contribution is 2.12. The standard InChI is InChI=1S/C21H25NO4/c1-15-7-9-18(10-8-15)14-22-21(24)17(3)26-20(23)11-12-25-19-6-4-5-16(2)13-19/h4-10,13,17H,11-12,14H2,1-3H3,(H,22,24)/t17-/m1/s1. The summed E-state index contributed by atoms with van der Waals surface area (Å²) in [6, 6.07) is 15.5. The first-order chi connectivity index (χ1) is 12.4. The van der Waals surface area contributed by atoms with Crippen LogP contribution in [-0.2, 0) is 20.9 Å². The lowest BCUT2D eigenvalue weighted by atomic mass is 10.1. The zero-order valence-electron chi connectivity index (χ0n) is 15.5. The monoisotopic (exact) mass is 355 g/mol. The minimum atomic E-state index is -0.841. The van der Waals surface area contributed by atoms with Crippen molar-refractivity contribution in [1.29, 1.82) is 0 Å². The average molecular weight is 355 g/mol. The van der Waals surface area contributed by atoms with Crippen molar-refractivity contribution in [3.63, 3.8) is 0 Å². The van der Waals surface area contributed by atoms with Crippen LogP contribution in [0.2, 0.25) is 0 Å². The van der Waals surface area contributed by atoms with Gasteiger partial charge >= 0.3 is 5.97 Å². The van der Waals surface area contributed by atoms with Crippen molar-refractivity contribution in [2.75, 3.05) is 6.61 Å². The topological polar surface area (TPSA) is 64.6 Å². The van der Waals surface area contributed by atoms with Crippen molar-refractivity contribution in [2.24, 2.45) is 0 Å². The van der Waals surface area contributed by atoms with E-state index in [0.717, 1.165) is 16.7 Å². The number of esters is 1. The Morgan fingerprint density at radius 3 is 2.46 bits per heavy atom. The molecule has 1 N–H and O–H groups in total. The van der Waals surface area contributed by atoms with E-state index in [1.807, 2.05) is 62.4 Å². The van der Waals surface area contributed by atoms with Gasteiger partial charge in [0.1, 0.15) is 5.75 Å². The van der Waals surface area contributed by atoms with Crippen LogP contribution in [0, 0.1) is 13.8 Å². The molecule has 0 fully saturated rings. The van der Waals surface area contributed by atoms with Crippen LogP contribution in [-0.4, -0.2) is 24.6 Å². The predicted molar refractivity (Wildman–Crippen MR) is 99.9 cm³/mol. The summed E-state index contributed by atoms with van der Waals surface area (Å²) in [5, 5.41) is 2.76. The Morgan fingerprint density at radius 1 is 1.04 bits per heavy atom. The predicted octanol–water partition coefficient (Wildman–Crippen LogP) is 3.32. The van der Waals surface area contributed by atoms with Gasteiger partial charge in [0.25, 0.3) is 5.91 Å². The van der Waals surface area contributed by atoms with Crippen LogP contribution >= 0.6 is 0 Å². The quantitative estimate of drug-likeness (QED) is 0.738. The summed E-state index contributed by atoms with van der Waals surface area (Å²) < 4.78 is 10.7. The molecule has 1 atom stereocenters. The van der Waals surface area contributed by atoms with Crippen LogP contribution in [0.1, 0.15) is 30.0 Å². The van der Waals surface area contributed by atoms with Crippen molar-refractivity contribution in [2.45, 2.75) is 39.8 Å². The number of benzene rings is 2. The van der Waals surface area contributed by atoms with E-state index in [0.29, 0.717) is 12.3 Å². The van der Waals surface area contributed by atoms with Crippen molar-refractivity contribution < 1.29 is 19.1 Å². The van der Waals surface area contributed by atoms with Gasteiger partial charge in [0.2, 0.25) is 0 Å². The summed E-state index contributed by atoms with van der Waals surface area (Å²) in [6.45, 7) is 6.14. The molecule has 138 valence electrons. The fourth-order valence-electron chi connectivity index (χ4n) is 2.31. The molecule has 0 heterocycles. The van der Waals surface area contributed by atoms with Gasteiger partial charge in [-0.1, -0.05) is 42.0 Å². The van der Waals surface area contributed by atoms with Gasteiger partial charge in [0.15, 0.2) is 6.10 Å². The Morgan fingerprint density at radius 2 is 1.77 bits per heavy atom. The summed E-state index contributed by atoms with van der Waals surface area (Å²) in [6.07, 6.45) is -0.754. The number of hydrogen-bond donors (Lipinski definition) is 1. The van der Waals surface area contributed by atoms with Crippen LogP contribution in [0.15, 0.2) is 48.5 Å². The van der Waals surface area contributed by atoms with E-state index in [2.05, 4.69) is 5.32 Å². The molecule has 0 aromatic heterocycles. The van der Waals surface area contributed by atoms with E-state index >= 15 is 0 Å². The molecule has 0 aliphatic rings. The number of ether oxygens (including phenoxy) is 2. The number of hydrogen-bond acceptors (Lipinski definition) is 4. The van der Waals surface area contributed by atoms with E-state index in [4.69, 9.17) is 9.47 Å². The molecule has 0 saturated heterocycles. The van der Waals surface area contributed by atoms with Crippen molar-refractivity contribution in [1.82, 2.24) is 5.32 Å². The number of amides is 1. The molecule has 2 aromatic carbocycles.